The van der Waals surface area contributed by atoms with Gasteiger partial charge < -0.3 is 10.2 Å². The topological polar surface area (TPSA) is 18.5 Å². The van der Waals surface area contributed by atoms with Crippen LogP contribution in [-0.2, 0) is 6.54 Å². The van der Waals surface area contributed by atoms with Crippen LogP contribution < -0.4 is 10.2 Å². The number of nitrogens with zero attached hydrogens (tertiary/aromatic N) is 2. The summed E-state index contributed by atoms with van der Waals surface area (Å²) >= 11 is 3.73. The number of hydrogen-bond acceptors (Lipinski definition) is 3. The predicted molar refractivity (Wildman–Crippen MR) is 90.4 cm³/mol. The fourth-order valence-corrected chi connectivity index (χ4v) is 3.46. The second-order valence-corrected chi connectivity index (χ2v) is 6.45. The highest BCUT2D eigenvalue weighted by molar-refractivity contribution is 9.10. The van der Waals surface area contributed by atoms with Gasteiger partial charge in [-0.15, -0.1) is 0 Å². The highest BCUT2D eigenvalue weighted by atomic mass is 79.9. The SMILES string of the molecule is CCC(C)N1CCN(c2ccc(CNC)cc2Br)CC1. The fourth-order valence-electron chi connectivity index (χ4n) is 2.78. The molecule has 3 nitrogen and oxygen atoms in total. The van der Waals surface area contributed by atoms with Crippen LogP contribution >= 0.6 is 15.9 Å². The van der Waals surface area contributed by atoms with Gasteiger partial charge in [0.1, 0.15) is 0 Å². The molecule has 1 unspecified atom stereocenters. The van der Waals surface area contributed by atoms with Gasteiger partial charge in [0.15, 0.2) is 0 Å². The first-order valence-corrected chi connectivity index (χ1v) is 8.37. The van der Waals surface area contributed by atoms with Crippen LogP contribution in [0.3, 0.4) is 0 Å². The summed E-state index contributed by atoms with van der Waals surface area (Å²) in [5.74, 6) is 0. The van der Waals surface area contributed by atoms with Crippen molar-refractivity contribution in [3.63, 3.8) is 0 Å². The molecule has 1 aromatic carbocycles. The van der Waals surface area contributed by atoms with Gasteiger partial charge in [-0.25, -0.2) is 0 Å². The Morgan fingerprint density at radius 3 is 2.50 bits per heavy atom. The van der Waals surface area contributed by atoms with Gasteiger partial charge >= 0.3 is 0 Å². The minimum absolute atomic E-state index is 0.707. The molecule has 1 aliphatic rings. The first kappa shape index (κ1) is 15.8. The van der Waals surface area contributed by atoms with Crippen molar-refractivity contribution in [1.29, 1.82) is 0 Å². The van der Waals surface area contributed by atoms with Gasteiger partial charge in [0, 0.05) is 43.2 Å². The van der Waals surface area contributed by atoms with E-state index in [1.165, 1.54) is 35.2 Å². The van der Waals surface area contributed by atoms with Crippen molar-refractivity contribution in [2.75, 3.05) is 38.1 Å². The molecular formula is C16H26BrN3. The lowest BCUT2D eigenvalue weighted by atomic mass is 10.1. The van der Waals surface area contributed by atoms with Crippen molar-refractivity contribution in [2.24, 2.45) is 0 Å². The molecule has 20 heavy (non-hydrogen) atoms. The summed E-state index contributed by atoms with van der Waals surface area (Å²) in [6.45, 7) is 10.1. The zero-order valence-corrected chi connectivity index (χ0v) is 14.4. The van der Waals surface area contributed by atoms with Crippen LogP contribution in [0.15, 0.2) is 22.7 Å². The molecule has 0 aromatic heterocycles. The second-order valence-electron chi connectivity index (χ2n) is 5.60. The summed E-state index contributed by atoms with van der Waals surface area (Å²) in [5.41, 5.74) is 2.65. The molecule has 0 radical (unpaired) electrons. The third-order valence-electron chi connectivity index (χ3n) is 4.26. The molecule has 1 atom stereocenters. The van der Waals surface area contributed by atoms with E-state index in [2.05, 4.69) is 63.1 Å². The quantitative estimate of drug-likeness (QED) is 0.889. The summed E-state index contributed by atoms with van der Waals surface area (Å²) in [4.78, 5) is 5.09. The van der Waals surface area contributed by atoms with Crippen molar-refractivity contribution in [3.05, 3.63) is 28.2 Å². The summed E-state index contributed by atoms with van der Waals surface area (Å²) in [6, 6.07) is 7.40. The van der Waals surface area contributed by atoms with Crippen LogP contribution in [0.1, 0.15) is 25.8 Å². The van der Waals surface area contributed by atoms with Gasteiger partial charge in [-0.1, -0.05) is 13.0 Å². The average molecular weight is 340 g/mol. The Morgan fingerprint density at radius 1 is 1.25 bits per heavy atom. The van der Waals surface area contributed by atoms with Crippen molar-refractivity contribution >= 4 is 21.6 Å². The smallest absolute Gasteiger partial charge is 0.0511 e. The largest absolute Gasteiger partial charge is 0.368 e. The number of halogens is 1. The van der Waals surface area contributed by atoms with E-state index in [-0.39, 0.29) is 0 Å². The van der Waals surface area contributed by atoms with E-state index in [0.29, 0.717) is 6.04 Å². The standard InChI is InChI=1S/C16H26BrN3/c1-4-13(2)19-7-9-20(10-8-19)16-6-5-14(12-18-3)11-15(16)17/h5-6,11,13,18H,4,7-10,12H2,1-3H3. The van der Waals surface area contributed by atoms with Crippen LogP contribution in [-0.4, -0.2) is 44.2 Å². The van der Waals surface area contributed by atoms with Gasteiger partial charge in [0.25, 0.3) is 0 Å². The minimum atomic E-state index is 0.707. The summed E-state index contributed by atoms with van der Waals surface area (Å²) in [7, 11) is 1.98. The Bertz CT molecular complexity index is 428. The van der Waals surface area contributed by atoms with E-state index in [1.807, 2.05) is 7.05 Å². The Hall–Kier alpha value is -0.580. The van der Waals surface area contributed by atoms with E-state index in [0.717, 1.165) is 19.6 Å². The van der Waals surface area contributed by atoms with E-state index in [9.17, 15) is 0 Å². The molecular weight excluding hydrogens is 314 g/mol. The summed E-state index contributed by atoms with van der Waals surface area (Å²) < 4.78 is 1.21. The van der Waals surface area contributed by atoms with Crippen LogP contribution in [0.2, 0.25) is 0 Å². The number of nitrogens with one attached hydrogen (secondary N) is 1. The molecule has 2 rings (SSSR count). The van der Waals surface area contributed by atoms with Crippen molar-refractivity contribution in [1.82, 2.24) is 10.2 Å². The zero-order valence-electron chi connectivity index (χ0n) is 12.8. The van der Waals surface area contributed by atoms with Gasteiger partial charge in [0.05, 0.1) is 5.69 Å². The van der Waals surface area contributed by atoms with Gasteiger partial charge in [0.2, 0.25) is 0 Å². The molecule has 1 aliphatic heterocycles. The highest BCUT2D eigenvalue weighted by Crippen LogP contribution is 2.28. The number of rotatable bonds is 5. The monoisotopic (exact) mass is 339 g/mol. The lowest BCUT2D eigenvalue weighted by Gasteiger charge is -2.39. The normalized spacial score (nSPS) is 18.3. The lowest BCUT2D eigenvalue weighted by molar-refractivity contribution is 0.193. The first-order chi connectivity index (χ1) is 9.65. The molecule has 1 aromatic rings. The van der Waals surface area contributed by atoms with Crippen LogP contribution in [0, 0.1) is 0 Å². The van der Waals surface area contributed by atoms with Crippen molar-refractivity contribution in [2.45, 2.75) is 32.9 Å². The molecule has 112 valence electrons. The highest BCUT2D eigenvalue weighted by Gasteiger charge is 2.21. The second kappa shape index (κ2) is 7.43. The molecule has 4 heteroatoms. The molecule has 0 amide bonds. The Morgan fingerprint density at radius 2 is 1.95 bits per heavy atom. The van der Waals surface area contributed by atoms with Gasteiger partial charge in [-0.2, -0.15) is 0 Å². The summed E-state index contributed by atoms with van der Waals surface area (Å²) in [6.07, 6.45) is 1.24. The van der Waals surface area contributed by atoms with Gasteiger partial charge in [-0.05, 0) is 54.0 Å². The molecule has 0 aliphatic carbocycles. The number of anilines is 1. The maximum Gasteiger partial charge on any atom is 0.0511 e. The molecule has 1 heterocycles. The Kier molecular flexibility index (Phi) is 5.87. The van der Waals surface area contributed by atoms with E-state index >= 15 is 0 Å². The number of hydrogen-bond donors (Lipinski definition) is 1. The number of benzene rings is 1. The Balaban J connectivity index is 2.00. The third-order valence-corrected chi connectivity index (χ3v) is 4.90. The first-order valence-electron chi connectivity index (χ1n) is 7.57. The minimum Gasteiger partial charge on any atom is -0.368 e. The predicted octanol–water partition coefficient (Wildman–Crippen LogP) is 3.09. The van der Waals surface area contributed by atoms with Gasteiger partial charge in [-0.3, -0.25) is 4.90 Å². The van der Waals surface area contributed by atoms with Crippen molar-refractivity contribution in [3.8, 4) is 0 Å². The molecule has 1 N–H and O–H groups in total. The Labute approximate surface area is 131 Å². The molecule has 0 spiro atoms. The summed E-state index contributed by atoms with van der Waals surface area (Å²) in [5, 5.41) is 3.19. The molecule has 1 saturated heterocycles. The van der Waals surface area contributed by atoms with E-state index < -0.39 is 0 Å². The fraction of sp³-hybridized carbons (Fsp3) is 0.625. The maximum absolute atomic E-state index is 3.73. The molecule has 0 saturated carbocycles. The maximum atomic E-state index is 3.73. The molecule has 1 fully saturated rings. The third kappa shape index (κ3) is 3.74. The van der Waals surface area contributed by atoms with Crippen LogP contribution in [0.5, 0.6) is 0 Å². The zero-order chi connectivity index (χ0) is 14.5. The average Bonchev–Trinajstić information content (AvgIpc) is 2.47. The molecule has 0 bridgehead atoms. The lowest BCUT2D eigenvalue weighted by Crippen LogP contribution is -2.49. The number of piperazine rings is 1. The van der Waals surface area contributed by atoms with Crippen molar-refractivity contribution < 1.29 is 0 Å². The van der Waals surface area contributed by atoms with Crippen LogP contribution in [0.25, 0.3) is 0 Å². The van der Waals surface area contributed by atoms with E-state index in [1.54, 1.807) is 0 Å². The van der Waals surface area contributed by atoms with Crippen LogP contribution in [0.4, 0.5) is 5.69 Å². The van der Waals surface area contributed by atoms with E-state index in [4.69, 9.17) is 0 Å².